The van der Waals surface area contributed by atoms with Crippen molar-refractivity contribution in [3.05, 3.63) is 18.0 Å². The molecular weight excluding hydrogens is 216 g/mol. The fourth-order valence-corrected chi connectivity index (χ4v) is 1.64. The summed E-state index contributed by atoms with van der Waals surface area (Å²) in [6, 6.07) is 0. The first-order chi connectivity index (χ1) is 8.21. The minimum Gasteiger partial charge on any atom is -0.356 e. The van der Waals surface area contributed by atoms with E-state index in [9.17, 15) is 4.79 Å². The summed E-state index contributed by atoms with van der Waals surface area (Å²) in [5, 5.41) is 7.07. The summed E-state index contributed by atoms with van der Waals surface area (Å²) in [7, 11) is 0. The Hall–Kier alpha value is -1.36. The third kappa shape index (κ3) is 4.19. The number of hydrogen-bond acceptors (Lipinski definition) is 3. The molecule has 0 fully saturated rings. The van der Waals surface area contributed by atoms with Crippen LogP contribution in [0, 0.1) is 5.92 Å². The van der Waals surface area contributed by atoms with E-state index in [0.717, 1.165) is 18.5 Å². The third-order valence-electron chi connectivity index (χ3n) is 2.70. The van der Waals surface area contributed by atoms with E-state index in [4.69, 9.17) is 5.73 Å². The van der Waals surface area contributed by atoms with Crippen molar-refractivity contribution < 1.29 is 4.79 Å². The first kappa shape index (κ1) is 13.7. The summed E-state index contributed by atoms with van der Waals surface area (Å²) < 4.78 is 1.85. The molecule has 5 nitrogen and oxygen atoms in total. The maximum absolute atomic E-state index is 11.8. The number of aryl methyl sites for hydroxylation is 1. The number of hydrogen-bond donors (Lipinski definition) is 2. The minimum absolute atomic E-state index is 0.0404. The van der Waals surface area contributed by atoms with Gasteiger partial charge in [-0.05, 0) is 25.3 Å². The molecule has 5 heteroatoms. The average Bonchev–Trinajstić information content (AvgIpc) is 2.80. The van der Waals surface area contributed by atoms with Gasteiger partial charge in [0, 0.05) is 25.8 Å². The van der Waals surface area contributed by atoms with E-state index in [1.165, 1.54) is 0 Å². The molecule has 1 amide bonds. The number of carbonyl (C=O) groups excluding carboxylic acids is 1. The van der Waals surface area contributed by atoms with Crippen LogP contribution in [0.1, 0.15) is 25.8 Å². The van der Waals surface area contributed by atoms with Gasteiger partial charge in [-0.2, -0.15) is 5.10 Å². The predicted octanol–water partition coefficient (Wildman–Crippen LogP) is 0.547. The Morgan fingerprint density at radius 3 is 2.88 bits per heavy atom. The van der Waals surface area contributed by atoms with Crippen molar-refractivity contribution in [2.24, 2.45) is 11.7 Å². The lowest BCUT2D eigenvalue weighted by molar-refractivity contribution is -0.124. The molecule has 96 valence electrons. The Bertz CT molecular complexity index is 348. The number of nitrogens with zero attached hydrogens (tertiary/aromatic N) is 2. The maximum atomic E-state index is 11.8. The highest BCUT2D eigenvalue weighted by atomic mass is 16.1. The summed E-state index contributed by atoms with van der Waals surface area (Å²) in [6.07, 6.45) is 5.37. The molecule has 0 radical (unpaired) electrons. The Morgan fingerprint density at radius 1 is 1.59 bits per heavy atom. The number of carbonyl (C=O) groups is 1. The molecule has 0 aliphatic rings. The lowest BCUT2D eigenvalue weighted by atomic mass is 10.0. The highest BCUT2D eigenvalue weighted by Gasteiger charge is 2.17. The van der Waals surface area contributed by atoms with Crippen molar-refractivity contribution in [3.8, 4) is 0 Å². The fraction of sp³-hybridized carbons (Fsp3) is 0.667. The van der Waals surface area contributed by atoms with E-state index in [1.807, 2.05) is 24.7 Å². The third-order valence-corrected chi connectivity index (χ3v) is 2.70. The zero-order valence-electron chi connectivity index (χ0n) is 10.6. The lowest BCUT2D eigenvalue weighted by Crippen LogP contribution is -2.36. The topological polar surface area (TPSA) is 72.9 Å². The first-order valence-corrected chi connectivity index (χ1v) is 6.20. The molecule has 0 spiro atoms. The molecular formula is C12H22N4O. The molecule has 3 N–H and O–H groups in total. The Labute approximate surface area is 102 Å². The smallest absolute Gasteiger partial charge is 0.224 e. The maximum Gasteiger partial charge on any atom is 0.224 e. The molecule has 1 aromatic rings. The zero-order valence-corrected chi connectivity index (χ0v) is 10.6. The number of aromatic nitrogens is 2. The second-order valence-corrected chi connectivity index (χ2v) is 4.13. The van der Waals surface area contributed by atoms with Crippen molar-refractivity contribution in [3.63, 3.8) is 0 Å². The quantitative estimate of drug-likeness (QED) is 0.728. The van der Waals surface area contributed by atoms with E-state index in [-0.39, 0.29) is 11.8 Å². The van der Waals surface area contributed by atoms with Crippen molar-refractivity contribution in [1.82, 2.24) is 15.1 Å². The molecule has 0 aromatic carbocycles. The predicted molar refractivity (Wildman–Crippen MR) is 67.5 cm³/mol. The van der Waals surface area contributed by atoms with Gasteiger partial charge in [0.1, 0.15) is 0 Å². The van der Waals surface area contributed by atoms with Gasteiger partial charge in [-0.15, -0.1) is 0 Å². The van der Waals surface area contributed by atoms with Crippen LogP contribution in [0.25, 0.3) is 0 Å². The summed E-state index contributed by atoms with van der Waals surface area (Å²) in [6.45, 7) is 5.99. The molecule has 0 bridgehead atoms. The van der Waals surface area contributed by atoms with Crippen LogP contribution in [0.2, 0.25) is 0 Å². The summed E-state index contributed by atoms with van der Waals surface area (Å²) in [5.41, 5.74) is 6.71. The van der Waals surface area contributed by atoms with E-state index in [1.54, 1.807) is 6.20 Å². The van der Waals surface area contributed by atoms with Gasteiger partial charge < -0.3 is 11.1 Å². The molecule has 0 saturated heterocycles. The van der Waals surface area contributed by atoms with Crippen LogP contribution in [-0.2, 0) is 17.8 Å². The van der Waals surface area contributed by atoms with Crippen molar-refractivity contribution in [1.29, 1.82) is 0 Å². The lowest BCUT2D eigenvalue weighted by Gasteiger charge is -2.13. The molecule has 17 heavy (non-hydrogen) atoms. The Kier molecular flexibility index (Phi) is 5.69. The average molecular weight is 238 g/mol. The summed E-state index contributed by atoms with van der Waals surface area (Å²) in [5.74, 6) is -0.116. The number of amides is 1. The van der Waals surface area contributed by atoms with Gasteiger partial charge >= 0.3 is 0 Å². The van der Waals surface area contributed by atoms with Gasteiger partial charge in [0.2, 0.25) is 5.91 Å². The van der Waals surface area contributed by atoms with Crippen molar-refractivity contribution in [2.75, 3.05) is 13.1 Å². The van der Waals surface area contributed by atoms with Gasteiger partial charge in [0.25, 0.3) is 0 Å². The molecule has 1 atom stereocenters. The van der Waals surface area contributed by atoms with E-state index < -0.39 is 0 Å². The second-order valence-electron chi connectivity index (χ2n) is 4.13. The highest BCUT2D eigenvalue weighted by Crippen LogP contribution is 2.07. The van der Waals surface area contributed by atoms with Crippen LogP contribution in [0.5, 0.6) is 0 Å². The van der Waals surface area contributed by atoms with Crippen LogP contribution in [0.3, 0.4) is 0 Å². The number of rotatable bonds is 7. The van der Waals surface area contributed by atoms with Gasteiger partial charge in [0.05, 0.1) is 12.1 Å². The van der Waals surface area contributed by atoms with Crippen LogP contribution >= 0.6 is 0 Å². The zero-order chi connectivity index (χ0) is 12.7. The van der Waals surface area contributed by atoms with Crippen LogP contribution in [0.4, 0.5) is 0 Å². The van der Waals surface area contributed by atoms with Crippen molar-refractivity contribution >= 4 is 5.91 Å². The SMILES string of the molecule is CCCNC(=O)C(CN)Cc1cnn(CC)c1. The second kappa shape index (κ2) is 7.06. The van der Waals surface area contributed by atoms with Crippen LogP contribution in [0.15, 0.2) is 12.4 Å². The largest absolute Gasteiger partial charge is 0.356 e. The summed E-state index contributed by atoms with van der Waals surface area (Å²) >= 11 is 0. The van der Waals surface area contributed by atoms with E-state index >= 15 is 0 Å². The van der Waals surface area contributed by atoms with E-state index in [2.05, 4.69) is 10.4 Å². The molecule has 1 rings (SSSR count). The standard InChI is InChI=1S/C12H22N4O/c1-3-5-14-12(17)11(7-13)6-10-8-15-16(4-2)9-10/h8-9,11H,3-7,13H2,1-2H3,(H,14,17). The first-order valence-electron chi connectivity index (χ1n) is 6.20. The van der Waals surface area contributed by atoms with Crippen molar-refractivity contribution in [2.45, 2.75) is 33.2 Å². The molecule has 0 aliphatic heterocycles. The van der Waals surface area contributed by atoms with Crippen LogP contribution in [-0.4, -0.2) is 28.8 Å². The minimum atomic E-state index is -0.156. The van der Waals surface area contributed by atoms with E-state index in [0.29, 0.717) is 19.5 Å². The Balaban J connectivity index is 2.53. The normalized spacial score (nSPS) is 12.4. The fourth-order valence-electron chi connectivity index (χ4n) is 1.64. The monoisotopic (exact) mass is 238 g/mol. The summed E-state index contributed by atoms with van der Waals surface area (Å²) in [4.78, 5) is 11.8. The highest BCUT2D eigenvalue weighted by molar-refractivity contribution is 5.79. The number of nitrogens with one attached hydrogen (secondary N) is 1. The molecule has 1 unspecified atom stereocenters. The number of nitrogens with two attached hydrogens (primary N) is 1. The van der Waals surface area contributed by atoms with Gasteiger partial charge in [-0.3, -0.25) is 9.48 Å². The molecule has 1 heterocycles. The van der Waals surface area contributed by atoms with Gasteiger partial charge in [-0.1, -0.05) is 6.92 Å². The molecule has 0 saturated carbocycles. The van der Waals surface area contributed by atoms with Gasteiger partial charge in [0.15, 0.2) is 0 Å². The molecule has 1 aromatic heterocycles. The van der Waals surface area contributed by atoms with Gasteiger partial charge in [-0.25, -0.2) is 0 Å². The molecule has 0 aliphatic carbocycles. The van der Waals surface area contributed by atoms with Crippen LogP contribution < -0.4 is 11.1 Å². The Morgan fingerprint density at radius 2 is 2.35 bits per heavy atom.